The van der Waals surface area contributed by atoms with E-state index >= 15 is 0 Å². The number of benzene rings is 6. The Morgan fingerprint density at radius 3 is 1.98 bits per heavy atom. The van der Waals surface area contributed by atoms with Gasteiger partial charge < -0.3 is 13.7 Å². The van der Waals surface area contributed by atoms with Gasteiger partial charge in [0.1, 0.15) is 5.58 Å². The number of furan rings is 1. The number of nitrogens with zero attached hydrogens (tertiary/aromatic N) is 2. The van der Waals surface area contributed by atoms with Crippen molar-refractivity contribution < 1.29 is 4.42 Å². The summed E-state index contributed by atoms with van der Waals surface area (Å²) in [7, 11) is 0. The summed E-state index contributed by atoms with van der Waals surface area (Å²) in [4.78, 5) is 2.32. The number of rotatable bonds is 3. The predicted molar refractivity (Wildman–Crippen MR) is 168 cm³/mol. The van der Waals surface area contributed by atoms with Gasteiger partial charge in [0.25, 0.3) is 0 Å². The summed E-state index contributed by atoms with van der Waals surface area (Å²) in [6.45, 7) is 0. The lowest BCUT2D eigenvalue weighted by atomic mass is 10.0. The van der Waals surface area contributed by atoms with Gasteiger partial charge in [0.2, 0.25) is 0 Å². The molecule has 3 nitrogen and oxygen atoms in total. The van der Waals surface area contributed by atoms with E-state index in [0.29, 0.717) is 5.02 Å². The molecule has 0 aliphatic rings. The van der Waals surface area contributed by atoms with Gasteiger partial charge in [-0.1, -0.05) is 78.3 Å². The molecule has 9 aromatic rings. The lowest BCUT2D eigenvalue weighted by Gasteiger charge is -2.25. The van der Waals surface area contributed by atoms with Gasteiger partial charge in [-0.2, -0.15) is 0 Å². The topological polar surface area (TPSA) is 20.8 Å². The molecule has 0 saturated carbocycles. The predicted octanol–water partition coefficient (Wildman–Crippen LogP) is 10.9. The van der Waals surface area contributed by atoms with Gasteiger partial charge >= 0.3 is 0 Å². The highest BCUT2D eigenvalue weighted by molar-refractivity contribution is 6.39. The highest BCUT2D eigenvalue weighted by Gasteiger charge is 2.22. The van der Waals surface area contributed by atoms with E-state index in [1.807, 2.05) is 12.1 Å². The monoisotopic (exact) mass is 532 g/mol. The van der Waals surface area contributed by atoms with E-state index in [4.69, 9.17) is 16.0 Å². The van der Waals surface area contributed by atoms with E-state index < -0.39 is 0 Å². The molecule has 9 rings (SSSR count). The third-order valence-electron chi connectivity index (χ3n) is 8.16. The minimum atomic E-state index is 0.635. The van der Waals surface area contributed by atoms with Crippen molar-refractivity contribution in [3.63, 3.8) is 0 Å². The van der Waals surface area contributed by atoms with Crippen molar-refractivity contribution in [2.45, 2.75) is 0 Å². The molecule has 0 aliphatic carbocycles. The molecule has 40 heavy (non-hydrogen) atoms. The summed E-state index contributed by atoms with van der Waals surface area (Å²) in [5, 5.41) is 7.57. The average Bonchev–Trinajstić information content (AvgIpc) is 3.52. The van der Waals surface area contributed by atoms with Crippen LogP contribution in [0.15, 0.2) is 132 Å². The summed E-state index contributed by atoms with van der Waals surface area (Å²) < 4.78 is 8.74. The van der Waals surface area contributed by atoms with E-state index in [-0.39, 0.29) is 0 Å². The Balaban J connectivity index is 1.45. The first-order valence-electron chi connectivity index (χ1n) is 13.4. The van der Waals surface area contributed by atoms with E-state index in [1.165, 1.54) is 21.7 Å². The zero-order chi connectivity index (χ0) is 26.4. The van der Waals surface area contributed by atoms with E-state index in [9.17, 15) is 0 Å². The summed E-state index contributed by atoms with van der Waals surface area (Å²) in [5.41, 5.74) is 8.42. The smallest absolute Gasteiger partial charge is 0.154 e. The van der Waals surface area contributed by atoms with Crippen molar-refractivity contribution in [2.75, 3.05) is 4.90 Å². The lowest BCUT2D eigenvalue weighted by molar-refractivity contribution is 0.669. The highest BCUT2D eigenvalue weighted by Crippen LogP contribution is 2.45. The number of halogens is 1. The standard InChI is InChI=1S/C36H21ClN2O/c37-29-19-18-25-26-13-7-14-27-28-21-24(38(22-9-3-1-4-10-22)23-11-5-2-6-12-23)17-20-30(28)39(35(26)27)31-15-8-16-32-34(31)33(25)36(29)40-32/h1-21H. The average molecular weight is 533 g/mol. The zero-order valence-electron chi connectivity index (χ0n) is 21.3. The number of fused-ring (bicyclic) bond motifs is 5. The Hall–Kier alpha value is -4.99. The Bertz CT molecular complexity index is 2350. The number of hydrogen-bond donors (Lipinski definition) is 0. The molecule has 0 aliphatic heterocycles. The van der Waals surface area contributed by atoms with Crippen LogP contribution >= 0.6 is 11.6 Å². The molecule has 0 spiro atoms. The maximum absolute atomic E-state index is 6.66. The highest BCUT2D eigenvalue weighted by atomic mass is 35.5. The third-order valence-corrected chi connectivity index (χ3v) is 8.46. The van der Waals surface area contributed by atoms with E-state index in [1.54, 1.807) is 0 Å². The molecular weight excluding hydrogens is 512 g/mol. The molecule has 0 unspecified atom stereocenters. The normalized spacial score (nSPS) is 12.1. The van der Waals surface area contributed by atoms with E-state index in [2.05, 4.69) is 125 Å². The van der Waals surface area contributed by atoms with Gasteiger partial charge in [0.15, 0.2) is 5.58 Å². The van der Waals surface area contributed by atoms with Crippen LogP contribution in [0.25, 0.3) is 60.0 Å². The van der Waals surface area contributed by atoms with Crippen molar-refractivity contribution in [3.05, 3.63) is 132 Å². The number of anilines is 3. The maximum Gasteiger partial charge on any atom is 0.154 e. The fourth-order valence-corrected chi connectivity index (χ4v) is 6.74. The molecule has 0 fully saturated rings. The fourth-order valence-electron chi connectivity index (χ4n) is 6.55. The van der Waals surface area contributed by atoms with Crippen LogP contribution in [0.4, 0.5) is 17.1 Å². The Morgan fingerprint density at radius 1 is 0.525 bits per heavy atom. The van der Waals surface area contributed by atoms with Gasteiger partial charge in [-0.3, -0.25) is 0 Å². The summed E-state index contributed by atoms with van der Waals surface area (Å²) in [5.74, 6) is 0. The van der Waals surface area contributed by atoms with Crippen molar-refractivity contribution in [1.82, 2.24) is 4.40 Å². The van der Waals surface area contributed by atoms with Crippen molar-refractivity contribution in [3.8, 4) is 0 Å². The quantitative estimate of drug-likeness (QED) is 0.225. The van der Waals surface area contributed by atoms with Gasteiger partial charge in [0.05, 0.1) is 27.0 Å². The van der Waals surface area contributed by atoms with Gasteiger partial charge in [0, 0.05) is 38.6 Å². The molecule has 3 heterocycles. The largest absolute Gasteiger partial charge is 0.454 e. The number of para-hydroxylation sites is 3. The first-order valence-corrected chi connectivity index (χ1v) is 13.8. The third kappa shape index (κ3) is 2.85. The van der Waals surface area contributed by atoms with Gasteiger partial charge in [-0.25, -0.2) is 0 Å². The van der Waals surface area contributed by atoms with Crippen LogP contribution in [0.2, 0.25) is 5.02 Å². The second-order valence-corrected chi connectivity index (χ2v) is 10.7. The zero-order valence-corrected chi connectivity index (χ0v) is 22.1. The fraction of sp³-hybridized carbons (Fsp3) is 0. The molecule has 0 amide bonds. The molecule has 0 N–H and O–H groups in total. The van der Waals surface area contributed by atoms with Crippen molar-refractivity contribution >= 4 is 88.7 Å². The summed E-state index contributed by atoms with van der Waals surface area (Å²) >= 11 is 6.66. The van der Waals surface area contributed by atoms with Crippen LogP contribution in [-0.4, -0.2) is 4.40 Å². The van der Waals surface area contributed by atoms with Crippen LogP contribution in [0.1, 0.15) is 0 Å². The van der Waals surface area contributed by atoms with Crippen LogP contribution < -0.4 is 4.90 Å². The van der Waals surface area contributed by atoms with Gasteiger partial charge in [-0.15, -0.1) is 0 Å². The van der Waals surface area contributed by atoms with Crippen LogP contribution in [0.5, 0.6) is 0 Å². The molecule has 0 saturated heterocycles. The van der Waals surface area contributed by atoms with E-state index in [0.717, 1.165) is 55.4 Å². The summed E-state index contributed by atoms with van der Waals surface area (Å²) in [6.07, 6.45) is 0. The van der Waals surface area contributed by atoms with Crippen molar-refractivity contribution in [2.24, 2.45) is 0 Å². The SMILES string of the molecule is Clc1ccc2c3cccc4c5cc(N(c6ccccc6)c6ccccc6)ccc5n(c5cccc6oc1c2c65)c34. The second-order valence-electron chi connectivity index (χ2n) is 10.3. The molecule has 4 heteroatoms. The second kappa shape index (κ2) is 8.01. The van der Waals surface area contributed by atoms with Crippen LogP contribution in [0.3, 0.4) is 0 Å². The Labute approximate surface area is 234 Å². The first kappa shape index (κ1) is 21.9. The summed E-state index contributed by atoms with van der Waals surface area (Å²) in [6, 6.07) is 44.9. The molecular formula is C36H21ClN2O. The Morgan fingerprint density at radius 2 is 1.23 bits per heavy atom. The number of hydrogen-bond acceptors (Lipinski definition) is 2. The first-order chi connectivity index (χ1) is 19.8. The lowest BCUT2D eigenvalue weighted by Crippen LogP contribution is -2.09. The molecule has 6 aromatic carbocycles. The molecule has 0 atom stereocenters. The minimum absolute atomic E-state index is 0.635. The number of aromatic nitrogens is 1. The van der Waals surface area contributed by atoms with Gasteiger partial charge in [-0.05, 0) is 66.0 Å². The molecule has 188 valence electrons. The van der Waals surface area contributed by atoms with Crippen LogP contribution in [-0.2, 0) is 0 Å². The Kier molecular flexibility index (Phi) is 4.38. The molecule has 0 radical (unpaired) electrons. The maximum atomic E-state index is 6.66. The molecule has 3 aromatic heterocycles. The molecule has 0 bridgehead atoms. The van der Waals surface area contributed by atoms with Crippen molar-refractivity contribution in [1.29, 1.82) is 0 Å². The minimum Gasteiger partial charge on any atom is -0.454 e. The van der Waals surface area contributed by atoms with Crippen LogP contribution in [0, 0.1) is 0 Å².